The van der Waals surface area contributed by atoms with Crippen molar-refractivity contribution in [1.82, 2.24) is 14.6 Å². The molecule has 4 rings (SSSR count). The predicted octanol–water partition coefficient (Wildman–Crippen LogP) is 3.68. The van der Waals surface area contributed by atoms with E-state index in [4.69, 9.17) is 9.47 Å². The standard InChI is InChI=1S/C19H18N4O3S/c1-10-6-5-7-11(2)16(10)21-18-22-23-17(24)12-8-14(25-3)15(26-4)9-13(12)20-19(23)27-18/h5-9H,1-4H3,(H,21,22). The van der Waals surface area contributed by atoms with Gasteiger partial charge in [-0.2, -0.15) is 4.52 Å². The lowest BCUT2D eigenvalue weighted by atomic mass is 10.1. The molecule has 0 unspecified atom stereocenters. The van der Waals surface area contributed by atoms with Crippen LogP contribution in [0.1, 0.15) is 11.1 Å². The topological polar surface area (TPSA) is 77.8 Å². The highest BCUT2D eigenvalue weighted by Crippen LogP contribution is 2.31. The molecule has 7 nitrogen and oxygen atoms in total. The minimum Gasteiger partial charge on any atom is -0.493 e. The number of benzene rings is 2. The first-order chi connectivity index (χ1) is 13.0. The molecular formula is C19H18N4O3S. The van der Waals surface area contributed by atoms with Gasteiger partial charge in [-0.25, -0.2) is 4.98 Å². The number of nitrogens with one attached hydrogen (secondary N) is 1. The van der Waals surface area contributed by atoms with Crippen molar-refractivity contribution in [3.63, 3.8) is 0 Å². The molecule has 0 fully saturated rings. The maximum absolute atomic E-state index is 12.9. The van der Waals surface area contributed by atoms with Crippen LogP contribution < -0.4 is 20.3 Å². The quantitative estimate of drug-likeness (QED) is 0.580. The molecule has 2 heterocycles. The summed E-state index contributed by atoms with van der Waals surface area (Å²) in [5, 5.41) is 8.76. The zero-order valence-corrected chi connectivity index (χ0v) is 16.2. The Kier molecular flexibility index (Phi) is 4.19. The monoisotopic (exact) mass is 382 g/mol. The summed E-state index contributed by atoms with van der Waals surface area (Å²) in [4.78, 5) is 18.0. The fourth-order valence-corrected chi connectivity index (χ4v) is 3.81. The van der Waals surface area contributed by atoms with E-state index in [0.29, 0.717) is 32.5 Å². The van der Waals surface area contributed by atoms with E-state index in [0.717, 1.165) is 16.8 Å². The zero-order valence-electron chi connectivity index (χ0n) is 15.4. The van der Waals surface area contributed by atoms with Gasteiger partial charge in [0.05, 0.1) is 25.1 Å². The summed E-state index contributed by atoms with van der Waals surface area (Å²) in [5.41, 5.74) is 3.49. The van der Waals surface area contributed by atoms with Gasteiger partial charge in [-0.05, 0) is 31.0 Å². The Morgan fingerprint density at radius 1 is 1.07 bits per heavy atom. The Morgan fingerprint density at radius 3 is 2.41 bits per heavy atom. The van der Waals surface area contributed by atoms with Crippen LogP contribution in [0.2, 0.25) is 0 Å². The van der Waals surface area contributed by atoms with E-state index < -0.39 is 0 Å². The molecule has 0 radical (unpaired) electrons. The van der Waals surface area contributed by atoms with E-state index in [-0.39, 0.29) is 5.56 Å². The Morgan fingerprint density at radius 2 is 1.74 bits per heavy atom. The highest BCUT2D eigenvalue weighted by Gasteiger charge is 2.15. The van der Waals surface area contributed by atoms with Crippen LogP contribution >= 0.6 is 11.3 Å². The fraction of sp³-hybridized carbons (Fsp3) is 0.211. The molecular weight excluding hydrogens is 364 g/mol. The molecule has 0 saturated heterocycles. The van der Waals surface area contributed by atoms with E-state index in [1.54, 1.807) is 19.2 Å². The number of hydrogen-bond donors (Lipinski definition) is 1. The van der Waals surface area contributed by atoms with Crippen molar-refractivity contribution in [1.29, 1.82) is 0 Å². The molecule has 27 heavy (non-hydrogen) atoms. The van der Waals surface area contributed by atoms with E-state index in [1.165, 1.54) is 23.0 Å². The molecule has 2 aromatic heterocycles. The minimum absolute atomic E-state index is 0.248. The minimum atomic E-state index is -0.248. The van der Waals surface area contributed by atoms with Crippen LogP contribution in [0.25, 0.3) is 15.9 Å². The van der Waals surface area contributed by atoms with Gasteiger partial charge in [-0.15, -0.1) is 5.10 Å². The molecule has 2 aromatic carbocycles. The van der Waals surface area contributed by atoms with Gasteiger partial charge in [0.1, 0.15) is 0 Å². The summed E-state index contributed by atoms with van der Waals surface area (Å²) in [5.74, 6) is 1.01. The highest BCUT2D eigenvalue weighted by molar-refractivity contribution is 7.20. The van der Waals surface area contributed by atoms with E-state index in [2.05, 4.69) is 15.4 Å². The van der Waals surface area contributed by atoms with Crippen LogP contribution in [0, 0.1) is 13.8 Å². The SMILES string of the molecule is COc1cc2nc3sc(Nc4c(C)cccc4C)nn3c(=O)c2cc1OC. The number of rotatable bonds is 4. The summed E-state index contributed by atoms with van der Waals surface area (Å²) in [6.45, 7) is 4.06. The molecule has 8 heteroatoms. The van der Waals surface area contributed by atoms with Gasteiger partial charge >= 0.3 is 0 Å². The van der Waals surface area contributed by atoms with Gasteiger partial charge in [-0.3, -0.25) is 4.79 Å². The van der Waals surface area contributed by atoms with Gasteiger partial charge in [0.25, 0.3) is 5.56 Å². The lowest BCUT2D eigenvalue weighted by Gasteiger charge is -2.09. The van der Waals surface area contributed by atoms with Crippen LogP contribution in [0.15, 0.2) is 35.1 Å². The molecule has 4 aromatic rings. The lowest BCUT2D eigenvalue weighted by Crippen LogP contribution is -2.15. The second-order valence-corrected chi connectivity index (χ2v) is 7.09. The Balaban J connectivity index is 1.88. The lowest BCUT2D eigenvalue weighted by molar-refractivity contribution is 0.355. The molecule has 138 valence electrons. The first-order valence-corrected chi connectivity index (χ1v) is 9.12. The van der Waals surface area contributed by atoms with Crippen molar-refractivity contribution in [2.45, 2.75) is 13.8 Å². The van der Waals surface area contributed by atoms with Crippen molar-refractivity contribution < 1.29 is 9.47 Å². The van der Waals surface area contributed by atoms with Crippen LogP contribution in [-0.4, -0.2) is 28.8 Å². The van der Waals surface area contributed by atoms with Crippen molar-refractivity contribution in [3.8, 4) is 11.5 Å². The van der Waals surface area contributed by atoms with E-state index in [9.17, 15) is 4.79 Å². The van der Waals surface area contributed by atoms with Gasteiger partial charge in [0, 0.05) is 11.8 Å². The van der Waals surface area contributed by atoms with Crippen LogP contribution in [-0.2, 0) is 0 Å². The molecule has 0 amide bonds. The molecule has 0 spiro atoms. The number of anilines is 2. The first-order valence-electron chi connectivity index (χ1n) is 8.30. The number of aryl methyl sites for hydroxylation is 2. The number of aromatic nitrogens is 3. The van der Waals surface area contributed by atoms with Crippen LogP contribution in [0.3, 0.4) is 0 Å². The Hall–Kier alpha value is -3.13. The van der Waals surface area contributed by atoms with Crippen molar-refractivity contribution in [2.24, 2.45) is 0 Å². The smallest absolute Gasteiger partial charge is 0.283 e. The van der Waals surface area contributed by atoms with Gasteiger partial charge in [0.2, 0.25) is 10.1 Å². The number of para-hydroxylation sites is 1. The summed E-state index contributed by atoms with van der Waals surface area (Å²) >= 11 is 1.32. The van der Waals surface area contributed by atoms with Crippen LogP contribution in [0.5, 0.6) is 11.5 Å². The zero-order chi connectivity index (χ0) is 19.1. The highest BCUT2D eigenvalue weighted by atomic mass is 32.1. The van der Waals surface area contributed by atoms with E-state index in [1.807, 2.05) is 32.0 Å². The first kappa shape index (κ1) is 17.3. The maximum Gasteiger partial charge on any atom is 0.283 e. The predicted molar refractivity (Wildman–Crippen MR) is 107 cm³/mol. The van der Waals surface area contributed by atoms with Gasteiger partial charge < -0.3 is 14.8 Å². The number of fused-ring (bicyclic) bond motifs is 2. The molecule has 0 aliphatic carbocycles. The number of hydrogen-bond acceptors (Lipinski definition) is 7. The third-order valence-corrected chi connectivity index (χ3v) is 5.24. The fourth-order valence-electron chi connectivity index (χ4n) is 3.00. The van der Waals surface area contributed by atoms with Crippen LogP contribution in [0.4, 0.5) is 10.8 Å². The maximum atomic E-state index is 12.9. The third kappa shape index (κ3) is 2.87. The van der Waals surface area contributed by atoms with Gasteiger partial charge in [0.15, 0.2) is 11.5 Å². The average Bonchev–Trinajstić information content (AvgIpc) is 3.07. The average molecular weight is 382 g/mol. The van der Waals surface area contributed by atoms with Gasteiger partial charge in [-0.1, -0.05) is 29.5 Å². The molecule has 0 atom stereocenters. The molecule has 0 aliphatic rings. The summed E-state index contributed by atoms with van der Waals surface area (Å²) in [6, 6.07) is 9.40. The number of nitrogens with zero attached hydrogens (tertiary/aromatic N) is 3. The third-order valence-electron chi connectivity index (χ3n) is 4.41. The van der Waals surface area contributed by atoms with Crippen molar-refractivity contribution >= 4 is 38.0 Å². The number of methoxy groups -OCH3 is 2. The molecule has 0 saturated carbocycles. The molecule has 0 bridgehead atoms. The second-order valence-electron chi connectivity index (χ2n) is 6.13. The Bertz CT molecular complexity index is 1210. The largest absolute Gasteiger partial charge is 0.493 e. The molecule has 1 N–H and O–H groups in total. The van der Waals surface area contributed by atoms with Crippen molar-refractivity contribution in [2.75, 3.05) is 19.5 Å². The summed E-state index contributed by atoms with van der Waals surface area (Å²) < 4.78 is 11.9. The molecule has 0 aliphatic heterocycles. The summed E-state index contributed by atoms with van der Waals surface area (Å²) in [6.07, 6.45) is 0. The Labute approximate surface area is 159 Å². The number of ether oxygens (including phenoxy) is 2. The second kappa shape index (κ2) is 6.55. The summed E-state index contributed by atoms with van der Waals surface area (Å²) in [7, 11) is 3.08. The van der Waals surface area contributed by atoms with E-state index >= 15 is 0 Å². The van der Waals surface area contributed by atoms with Crippen molar-refractivity contribution in [3.05, 3.63) is 51.8 Å². The normalized spacial score (nSPS) is 11.1.